The van der Waals surface area contributed by atoms with E-state index in [4.69, 9.17) is 9.94 Å². The van der Waals surface area contributed by atoms with E-state index < -0.39 is 17.6 Å². The monoisotopic (exact) mass is 544 g/mol. The molecule has 10 nitrogen and oxygen atoms in total. The molecule has 1 atom stereocenters. The van der Waals surface area contributed by atoms with Crippen LogP contribution in [-0.2, 0) is 19.1 Å². The summed E-state index contributed by atoms with van der Waals surface area (Å²) in [6, 6.07) is -0.486. The van der Waals surface area contributed by atoms with Crippen molar-refractivity contribution in [1.29, 1.82) is 0 Å². The van der Waals surface area contributed by atoms with E-state index in [1.807, 2.05) is 44.3 Å². The molecule has 0 bridgehead atoms. The van der Waals surface area contributed by atoms with E-state index >= 15 is 0 Å². The van der Waals surface area contributed by atoms with E-state index in [2.05, 4.69) is 5.32 Å². The minimum atomic E-state index is -0.557. The van der Waals surface area contributed by atoms with Crippen LogP contribution in [0.3, 0.4) is 0 Å². The normalized spacial score (nSPS) is 22.1. The van der Waals surface area contributed by atoms with Crippen molar-refractivity contribution in [3.8, 4) is 0 Å². The zero-order valence-corrected chi connectivity index (χ0v) is 23.2. The van der Waals surface area contributed by atoms with Crippen LogP contribution in [0.5, 0.6) is 0 Å². The summed E-state index contributed by atoms with van der Waals surface area (Å²) in [5.41, 5.74) is 1.06. The van der Waals surface area contributed by atoms with Crippen molar-refractivity contribution in [1.82, 2.24) is 20.6 Å². The predicted octanol–water partition coefficient (Wildman–Crippen LogP) is 2.59. The van der Waals surface area contributed by atoms with E-state index in [0.717, 1.165) is 24.3 Å². The lowest BCUT2D eigenvalue weighted by molar-refractivity contribution is -0.142. The second-order valence-electron chi connectivity index (χ2n) is 10.7. The minimum Gasteiger partial charge on any atom is -0.444 e. The summed E-state index contributed by atoms with van der Waals surface area (Å²) >= 11 is 3.70. The smallest absolute Gasteiger partial charge is 0.410 e. The highest BCUT2D eigenvalue weighted by Gasteiger charge is 2.52. The van der Waals surface area contributed by atoms with Gasteiger partial charge in [0, 0.05) is 56.4 Å². The van der Waals surface area contributed by atoms with E-state index in [1.165, 1.54) is 0 Å². The third-order valence-corrected chi connectivity index (χ3v) is 10.1. The van der Waals surface area contributed by atoms with Gasteiger partial charge in [0.1, 0.15) is 11.6 Å². The fourth-order valence-corrected chi connectivity index (χ4v) is 8.11. The van der Waals surface area contributed by atoms with Crippen LogP contribution < -0.4 is 10.8 Å². The summed E-state index contributed by atoms with van der Waals surface area (Å²) in [6.07, 6.45) is 3.80. The molecule has 0 aromatic heterocycles. The van der Waals surface area contributed by atoms with Crippen molar-refractivity contribution in [2.45, 2.75) is 81.4 Å². The maximum Gasteiger partial charge on any atom is 0.410 e. The van der Waals surface area contributed by atoms with Crippen LogP contribution >= 0.6 is 23.5 Å². The fraction of sp³-hybridized carbons (Fsp3) is 0.833. The number of thioether (sulfide) groups is 2. The number of carbonyl (C=O) groups excluding carboxylic acids is 4. The molecular weight excluding hydrogens is 504 g/mol. The van der Waals surface area contributed by atoms with E-state index in [0.29, 0.717) is 51.9 Å². The first kappa shape index (κ1) is 28.9. The number of nitrogens with one attached hydrogen (secondary N) is 2. The first-order valence-electron chi connectivity index (χ1n) is 12.8. The number of amides is 4. The van der Waals surface area contributed by atoms with Gasteiger partial charge in [-0.25, -0.2) is 10.3 Å². The van der Waals surface area contributed by atoms with Crippen LogP contribution in [0.2, 0.25) is 0 Å². The van der Waals surface area contributed by atoms with Crippen molar-refractivity contribution < 1.29 is 29.1 Å². The SMILES string of the molecule is CC(C)(C)OC(=O)N1CCC(C(=O)N2CC3(C[C@H]2C(=O)NCCCCCC(=O)NO)SCCS3)CC1. The zero-order valence-electron chi connectivity index (χ0n) is 21.5. The molecule has 0 aromatic carbocycles. The highest BCUT2D eigenvalue weighted by atomic mass is 32.2. The summed E-state index contributed by atoms with van der Waals surface area (Å²) < 4.78 is 5.35. The molecule has 3 aliphatic heterocycles. The lowest BCUT2D eigenvalue weighted by Crippen LogP contribution is -2.50. The van der Waals surface area contributed by atoms with Crippen LogP contribution in [0.4, 0.5) is 4.79 Å². The Morgan fingerprint density at radius 2 is 1.72 bits per heavy atom. The average molecular weight is 545 g/mol. The largest absolute Gasteiger partial charge is 0.444 e. The summed E-state index contributed by atoms with van der Waals surface area (Å²) in [6.45, 7) is 7.51. The highest BCUT2D eigenvalue weighted by Crippen LogP contribution is 2.52. The van der Waals surface area contributed by atoms with Gasteiger partial charge in [0.15, 0.2) is 0 Å². The quantitative estimate of drug-likeness (QED) is 0.242. The second-order valence-corrected chi connectivity index (χ2v) is 13.9. The van der Waals surface area contributed by atoms with Crippen LogP contribution in [-0.4, -0.2) is 92.2 Å². The average Bonchev–Trinajstić information content (AvgIpc) is 3.46. The Kier molecular flexibility index (Phi) is 10.2. The molecule has 0 aliphatic carbocycles. The number of nitrogens with zero attached hydrogens (tertiary/aromatic N) is 2. The number of carbonyl (C=O) groups is 4. The van der Waals surface area contributed by atoms with Gasteiger partial charge in [0.25, 0.3) is 0 Å². The molecule has 0 aromatic rings. The Labute approximate surface area is 221 Å². The van der Waals surface area contributed by atoms with Gasteiger partial charge in [-0.1, -0.05) is 6.42 Å². The van der Waals surface area contributed by atoms with Crippen LogP contribution in [0, 0.1) is 5.92 Å². The number of likely N-dealkylation sites (tertiary alicyclic amines) is 2. The Balaban J connectivity index is 1.53. The van der Waals surface area contributed by atoms with Crippen molar-refractivity contribution in [3.05, 3.63) is 0 Å². The molecule has 0 unspecified atom stereocenters. The molecule has 3 fully saturated rings. The molecule has 1 spiro atoms. The molecule has 3 aliphatic rings. The van der Waals surface area contributed by atoms with Crippen molar-refractivity contribution in [2.24, 2.45) is 5.92 Å². The summed E-state index contributed by atoms with van der Waals surface area (Å²) in [5.74, 6) is 1.33. The third kappa shape index (κ3) is 7.92. The number of rotatable bonds is 8. The maximum absolute atomic E-state index is 13.6. The maximum atomic E-state index is 13.6. The molecular formula is C24H40N4O6S2. The number of piperidine rings is 1. The second kappa shape index (κ2) is 12.7. The standard InChI is InChI=1S/C24H40N4O6S2/c1-23(2,3)34-22(32)27-11-8-17(9-12-27)21(31)28-16-24(35-13-14-36-24)15-18(28)20(30)25-10-6-4-5-7-19(29)26-33/h17-18,33H,4-16H2,1-3H3,(H,25,30)(H,26,29)/t18-/m0/s1. The highest BCUT2D eigenvalue weighted by molar-refractivity contribution is 8.21. The number of hydrogen-bond acceptors (Lipinski definition) is 8. The number of ether oxygens (including phenoxy) is 1. The first-order chi connectivity index (χ1) is 17.0. The zero-order chi connectivity index (χ0) is 26.3. The van der Waals surface area contributed by atoms with E-state index in [-0.39, 0.29) is 34.3 Å². The molecule has 0 radical (unpaired) electrons. The van der Waals surface area contributed by atoms with Crippen molar-refractivity contribution in [3.63, 3.8) is 0 Å². The van der Waals surface area contributed by atoms with Gasteiger partial charge in [-0.3, -0.25) is 19.6 Å². The lowest BCUT2D eigenvalue weighted by atomic mass is 9.95. The van der Waals surface area contributed by atoms with Crippen molar-refractivity contribution >= 4 is 47.3 Å². The Morgan fingerprint density at radius 3 is 2.33 bits per heavy atom. The fourth-order valence-electron chi connectivity index (χ4n) is 4.85. The third-order valence-electron chi connectivity index (χ3n) is 6.69. The molecule has 204 valence electrons. The number of hydrogen-bond donors (Lipinski definition) is 3. The van der Waals surface area contributed by atoms with Gasteiger partial charge < -0.3 is 19.9 Å². The predicted molar refractivity (Wildman–Crippen MR) is 140 cm³/mol. The molecule has 3 heterocycles. The van der Waals surface area contributed by atoms with Gasteiger partial charge in [0.05, 0.1) is 4.08 Å². The first-order valence-corrected chi connectivity index (χ1v) is 14.8. The van der Waals surface area contributed by atoms with E-state index in [1.54, 1.807) is 15.3 Å². The number of hydroxylamine groups is 1. The molecule has 3 rings (SSSR count). The topological polar surface area (TPSA) is 128 Å². The van der Waals surface area contributed by atoms with Crippen LogP contribution in [0.25, 0.3) is 0 Å². The summed E-state index contributed by atoms with van der Waals surface area (Å²) in [7, 11) is 0. The van der Waals surface area contributed by atoms with Gasteiger partial charge in [-0.05, 0) is 46.5 Å². The molecule has 3 N–H and O–H groups in total. The number of unbranched alkanes of at least 4 members (excludes halogenated alkanes) is 2. The van der Waals surface area contributed by atoms with Gasteiger partial charge in [0.2, 0.25) is 17.7 Å². The minimum absolute atomic E-state index is 0.0129. The Hall–Kier alpha value is -1.66. The molecule has 3 saturated heterocycles. The van der Waals surface area contributed by atoms with Gasteiger partial charge in [-0.2, -0.15) is 0 Å². The molecule has 0 saturated carbocycles. The van der Waals surface area contributed by atoms with Crippen LogP contribution in [0.15, 0.2) is 0 Å². The molecule has 4 amide bonds. The van der Waals surface area contributed by atoms with Crippen LogP contribution in [0.1, 0.15) is 65.7 Å². The van der Waals surface area contributed by atoms with Gasteiger partial charge >= 0.3 is 6.09 Å². The Bertz CT molecular complexity index is 807. The molecule has 12 heteroatoms. The summed E-state index contributed by atoms with van der Waals surface area (Å²) in [5, 5.41) is 11.5. The van der Waals surface area contributed by atoms with E-state index in [9.17, 15) is 19.2 Å². The summed E-state index contributed by atoms with van der Waals surface area (Å²) in [4.78, 5) is 53.7. The lowest BCUT2D eigenvalue weighted by Gasteiger charge is -2.35. The molecule has 36 heavy (non-hydrogen) atoms. The van der Waals surface area contributed by atoms with Crippen molar-refractivity contribution in [2.75, 3.05) is 37.7 Å². The van der Waals surface area contributed by atoms with Gasteiger partial charge in [-0.15, -0.1) is 23.5 Å². The Morgan fingerprint density at radius 1 is 1.06 bits per heavy atom.